The lowest BCUT2D eigenvalue weighted by molar-refractivity contribution is -0.116. The molecule has 8 heteroatoms. The molecule has 2 aromatic rings. The molecule has 2 aromatic carbocycles. The fourth-order valence-corrected chi connectivity index (χ4v) is 2.82. The average Bonchev–Trinajstić information content (AvgIpc) is 2.57. The first-order chi connectivity index (χ1) is 12.2. The Morgan fingerprint density at radius 3 is 2.42 bits per heavy atom. The molecule has 0 radical (unpaired) electrons. The van der Waals surface area contributed by atoms with Crippen molar-refractivity contribution in [2.24, 2.45) is 0 Å². The summed E-state index contributed by atoms with van der Waals surface area (Å²) in [6.07, 6.45) is 1.29. The number of amides is 1. The van der Waals surface area contributed by atoms with Gasteiger partial charge in [-0.05, 0) is 30.7 Å². The minimum Gasteiger partial charge on any atom is -0.326 e. The van der Waals surface area contributed by atoms with Gasteiger partial charge in [-0.2, -0.15) is 0 Å². The summed E-state index contributed by atoms with van der Waals surface area (Å²) in [6.45, 7) is 1.80. The molecule has 138 valence electrons. The SMILES string of the molecule is Cc1ccc(/C=C/S(=O)(=O)NCCC(=O)Nc2ccc(F)c(F)c2)cc1. The van der Waals surface area contributed by atoms with Crippen molar-refractivity contribution < 1.29 is 22.0 Å². The van der Waals surface area contributed by atoms with Gasteiger partial charge in [0.15, 0.2) is 11.6 Å². The molecule has 2 rings (SSSR count). The smallest absolute Gasteiger partial charge is 0.233 e. The molecule has 0 unspecified atom stereocenters. The Kier molecular flexibility index (Phi) is 6.59. The topological polar surface area (TPSA) is 75.3 Å². The van der Waals surface area contributed by atoms with Crippen LogP contribution in [-0.4, -0.2) is 20.9 Å². The highest BCUT2D eigenvalue weighted by Gasteiger charge is 2.09. The lowest BCUT2D eigenvalue weighted by atomic mass is 10.2. The standard InChI is InChI=1S/C18H18F2N2O3S/c1-13-2-4-14(5-3-13)9-11-26(24,25)21-10-8-18(23)22-15-6-7-16(19)17(20)12-15/h2-7,9,11-12,21H,8,10H2,1H3,(H,22,23)/b11-9+. The molecule has 0 aliphatic carbocycles. The van der Waals surface area contributed by atoms with Crippen molar-refractivity contribution >= 4 is 27.7 Å². The molecule has 0 aromatic heterocycles. The lowest BCUT2D eigenvalue weighted by Crippen LogP contribution is -2.26. The van der Waals surface area contributed by atoms with Crippen LogP contribution >= 0.6 is 0 Å². The zero-order valence-electron chi connectivity index (χ0n) is 14.0. The molecule has 1 amide bonds. The van der Waals surface area contributed by atoms with Crippen LogP contribution in [0.1, 0.15) is 17.5 Å². The Morgan fingerprint density at radius 1 is 1.08 bits per heavy atom. The summed E-state index contributed by atoms with van der Waals surface area (Å²) in [5.74, 6) is -2.62. The van der Waals surface area contributed by atoms with Crippen molar-refractivity contribution in [1.29, 1.82) is 0 Å². The number of rotatable bonds is 7. The predicted octanol–water partition coefficient (Wildman–Crippen LogP) is 3.19. The number of carbonyl (C=O) groups is 1. The van der Waals surface area contributed by atoms with Crippen LogP contribution in [0.15, 0.2) is 47.9 Å². The van der Waals surface area contributed by atoms with E-state index < -0.39 is 27.6 Å². The maximum Gasteiger partial charge on any atom is 0.233 e. The van der Waals surface area contributed by atoms with Gasteiger partial charge in [0.05, 0.1) is 0 Å². The van der Waals surface area contributed by atoms with E-state index in [4.69, 9.17) is 0 Å². The maximum atomic E-state index is 13.1. The van der Waals surface area contributed by atoms with Crippen molar-refractivity contribution in [3.05, 3.63) is 70.6 Å². The van der Waals surface area contributed by atoms with E-state index in [0.717, 1.165) is 28.7 Å². The fourth-order valence-electron chi connectivity index (χ4n) is 2.00. The van der Waals surface area contributed by atoms with Crippen LogP contribution < -0.4 is 10.0 Å². The number of halogens is 2. The highest BCUT2D eigenvalue weighted by atomic mass is 32.2. The molecule has 0 saturated heterocycles. The molecule has 26 heavy (non-hydrogen) atoms. The number of hydrogen-bond acceptors (Lipinski definition) is 3. The molecule has 0 bridgehead atoms. The number of nitrogens with one attached hydrogen (secondary N) is 2. The number of carbonyl (C=O) groups excluding carboxylic acids is 1. The monoisotopic (exact) mass is 380 g/mol. The van der Waals surface area contributed by atoms with E-state index in [1.807, 2.05) is 19.1 Å². The third-order valence-corrected chi connectivity index (χ3v) is 4.48. The van der Waals surface area contributed by atoms with Gasteiger partial charge in [0, 0.05) is 30.1 Å². The van der Waals surface area contributed by atoms with Gasteiger partial charge in [0.1, 0.15) is 0 Å². The van der Waals surface area contributed by atoms with E-state index in [1.165, 1.54) is 12.1 Å². The number of benzene rings is 2. The van der Waals surface area contributed by atoms with Crippen LogP contribution in [0.2, 0.25) is 0 Å². The Balaban J connectivity index is 1.82. The Bertz CT molecular complexity index is 911. The second kappa shape index (κ2) is 8.68. The quantitative estimate of drug-likeness (QED) is 0.775. The van der Waals surface area contributed by atoms with E-state index in [2.05, 4.69) is 10.0 Å². The van der Waals surface area contributed by atoms with Gasteiger partial charge in [0.2, 0.25) is 15.9 Å². The van der Waals surface area contributed by atoms with Crippen LogP contribution in [0, 0.1) is 18.6 Å². The van der Waals surface area contributed by atoms with Gasteiger partial charge in [-0.25, -0.2) is 21.9 Å². The largest absolute Gasteiger partial charge is 0.326 e. The number of sulfonamides is 1. The highest BCUT2D eigenvalue weighted by molar-refractivity contribution is 7.92. The molecular formula is C18H18F2N2O3S. The molecule has 2 N–H and O–H groups in total. The summed E-state index contributed by atoms with van der Waals surface area (Å²) < 4.78 is 51.9. The minimum absolute atomic E-state index is 0.0935. The number of hydrogen-bond donors (Lipinski definition) is 2. The third kappa shape index (κ3) is 6.38. The summed E-state index contributed by atoms with van der Waals surface area (Å²) in [5, 5.41) is 3.38. The zero-order chi connectivity index (χ0) is 19.2. The molecule has 0 saturated carbocycles. The average molecular weight is 380 g/mol. The molecule has 0 aliphatic rings. The lowest BCUT2D eigenvalue weighted by Gasteiger charge is -2.06. The van der Waals surface area contributed by atoms with Crippen molar-refractivity contribution in [2.45, 2.75) is 13.3 Å². The summed E-state index contributed by atoms with van der Waals surface area (Å²) in [6, 6.07) is 10.3. The van der Waals surface area contributed by atoms with Gasteiger partial charge in [-0.1, -0.05) is 29.8 Å². The van der Waals surface area contributed by atoms with Gasteiger partial charge in [-0.3, -0.25) is 4.79 Å². The fraction of sp³-hybridized carbons (Fsp3) is 0.167. The molecule has 0 heterocycles. The normalized spacial score (nSPS) is 11.7. The second-order valence-corrected chi connectivity index (χ2v) is 7.23. The number of anilines is 1. The van der Waals surface area contributed by atoms with Crippen molar-refractivity contribution in [3.8, 4) is 0 Å². The highest BCUT2D eigenvalue weighted by Crippen LogP contribution is 2.13. The number of aryl methyl sites for hydroxylation is 1. The van der Waals surface area contributed by atoms with Crippen molar-refractivity contribution in [3.63, 3.8) is 0 Å². The van der Waals surface area contributed by atoms with Crippen LogP contribution in [0.4, 0.5) is 14.5 Å². The van der Waals surface area contributed by atoms with E-state index in [1.54, 1.807) is 12.1 Å². The first-order valence-electron chi connectivity index (χ1n) is 7.74. The summed E-state index contributed by atoms with van der Waals surface area (Å²) in [7, 11) is -3.69. The van der Waals surface area contributed by atoms with E-state index in [-0.39, 0.29) is 18.7 Å². The van der Waals surface area contributed by atoms with Crippen LogP contribution in [0.25, 0.3) is 6.08 Å². The molecule has 0 atom stereocenters. The van der Waals surface area contributed by atoms with Crippen LogP contribution in [-0.2, 0) is 14.8 Å². The molecule has 0 spiro atoms. The third-order valence-electron chi connectivity index (χ3n) is 3.38. The van der Waals surface area contributed by atoms with E-state index in [0.29, 0.717) is 0 Å². The second-order valence-electron chi connectivity index (χ2n) is 5.58. The summed E-state index contributed by atoms with van der Waals surface area (Å²) in [5.41, 5.74) is 1.89. The summed E-state index contributed by atoms with van der Waals surface area (Å²) in [4.78, 5) is 11.7. The van der Waals surface area contributed by atoms with Gasteiger partial charge < -0.3 is 5.32 Å². The predicted molar refractivity (Wildman–Crippen MR) is 96.7 cm³/mol. The van der Waals surface area contributed by atoms with Gasteiger partial charge >= 0.3 is 0 Å². The Morgan fingerprint density at radius 2 is 1.77 bits per heavy atom. The van der Waals surface area contributed by atoms with E-state index in [9.17, 15) is 22.0 Å². The summed E-state index contributed by atoms with van der Waals surface area (Å²) >= 11 is 0. The Labute approximate surface area is 150 Å². The van der Waals surface area contributed by atoms with Crippen LogP contribution in [0.5, 0.6) is 0 Å². The molecule has 0 fully saturated rings. The molecule has 5 nitrogen and oxygen atoms in total. The van der Waals surface area contributed by atoms with Gasteiger partial charge in [0.25, 0.3) is 0 Å². The molecule has 0 aliphatic heterocycles. The van der Waals surface area contributed by atoms with Gasteiger partial charge in [-0.15, -0.1) is 0 Å². The van der Waals surface area contributed by atoms with Crippen molar-refractivity contribution in [1.82, 2.24) is 4.72 Å². The first-order valence-corrected chi connectivity index (χ1v) is 9.29. The van der Waals surface area contributed by atoms with Crippen molar-refractivity contribution in [2.75, 3.05) is 11.9 Å². The van der Waals surface area contributed by atoms with Crippen LogP contribution in [0.3, 0.4) is 0 Å². The van der Waals surface area contributed by atoms with E-state index >= 15 is 0 Å². The minimum atomic E-state index is -3.69. The molecular weight excluding hydrogens is 362 g/mol. The maximum absolute atomic E-state index is 13.1. The Hall–Kier alpha value is -2.58. The first kappa shape index (κ1) is 19.7. The zero-order valence-corrected chi connectivity index (χ0v) is 14.8.